The SMILES string of the molecule is COc1ccc(C(=O)Nc2ccccc2C(=O)N[C@H](Cc2ccc(O)cc2)C(=O)NC2CCCCCC2)cc1. The van der Waals surface area contributed by atoms with Gasteiger partial charge < -0.3 is 25.8 Å². The zero-order chi connectivity index (χ0) is 27.6. The highest BCUT2D eigenvalue weighted by Crippen LogP contribution is 2.20. The Hall–Kier alpha value is -4.33. The van der Waals surface area contributed by atoms with Crippen LogP contribution >= 0.6 is 0 Å². The van der Waals surface area contributed by atoms with Crippen LogP contribution in [-0.2, 0) is 11.2 Å². The highest BCUT2D eigenvalue weighted by Gasteiger charge is 2.26. The maximum absolute atomic E-state index is 13.5. The standard InChI is InChI=1S/C31H35N3O5/c1-39-25-18-14-22(15-19-25)29(36)33-27-11-7-6-10-26(27)30(37)34-28(20-21-12-16-24(35)17-13-21)31(38)32-23-8-4-2-3-5-9-23/h6-7,10-19,23,28,35H,2-5,8-9,20H2,1H3,(H,32,38)(H,33,36)(H,34,37)/t28-/m1/s1. The third-order valence-electron chi connectivity index (χ3n) is 6.97. The van der Waals surface area contributed by atoms with E-state index in [2.05, 4.69) is 16.0 Å². The van der Waals surface area contributed by atoms with E-state index in [0.717, 1.165) is 31.2 Å². The molecule has 39 heavy (non-hydrogen) atoms. The number of carbonyl (C=O) groups excluding carboxylic acids is 3. The van der Waals surface area contributed by atoms with E-state index < -0.39 is 11.9 Å². The third kappa shape index (κ3) is 7.83. The number of ether oxygens (including phenoxy) is 1. The number of anilines is 1. The maximum atomic E-state index is 13.5. The van der Waals surface area contributed by atoms with Crippen molar-refractivity contribution in [2.75, 3.05) is 12.4 Å². The molecule has 3 amide bonds. The number of carbonyl (C=O) groups is 3. The smallest absolute Gasteiger partial charge is 0.255 e. The molecular formula is C31H35N3O5. The van der Waals surface area contributed by atoms with Crippen molar-refractivity contribution in [3.05, 3.63) is 89.5 Å². The molecule has 0 aromatic heterocycles. The summed E-state index contributed by atoms with van der Waals surface area (Å²) in [5.41, 5.74) is 1.80. The molecule has 8 heteroatoms. The molecule has 1 saturated carbocycles. The van der Waals surface area contributed by atoms with Gasteiger partial charge in [-0.05, 0) is 66.9 Å². The van der Waals surface area contributed by atoms with E-state index in [1.807, 2.05) is 0 Å². The van der Waals surface area contributed by atoms with Crippen molar-refractivity contribution in [1.82, 2.24) is 10.6 Å². The molecule has 0 bridgehead atoms. The van der Waals surface area contributed by atoms with E-state index in [-0.39, 0.29) is 35.6 Å². The number of hydrogen-bond donors (Lipinski definition) is 4. The Bertz CT molecular complexity index is 1270. The van der Waals surface area contributed by atoms with Crippen molar-refractivity contribution >= 4 is 23.4 Å². The predicted octanol–water partition coefficient (Wildman–Crippen LogP) is 4.83. The van der Waals surface area contributed by atoms with Crippen molar-refractivity contribution in [1.29, 1.82) is 0 Å². The first-order chi connectivity index (χ1) is 18.9. The minimum absolute atomic E-state index is 0.0790. The van der Waals surface area contributed by atoms with E-state index in [4.69, 9.17) is 4.74 Å². The number of phenols is 1. The van der Waals surface area contributed by atoms with Crippen LogP contribution in [0.3, 0.4) is 0 Å². The highest BCUT2D eigenvalue weighted by molar-refractivity contribution is 6.09. The van der Waals surface area contributed by atoms with E-state index >= 15 is 0 Å². The summed E-state index contributed by atoms with van der Waals surface area (Å²) < 4.78 is 5.15. The van der Waals surface area contributed by atoms with Gasteiger partial charge in [0.25, 0.3) is 11.8 Å². The maximum Gasteiger partial charge on any atom is 0.255 e. The molecule has 1 atom stereocenters. The molecule has 4 N–H and O–H groups in total. The summed E-state index contributed by atoms with van der Waals surface area (Å²) in [5.74, 6) is -0.329. The van der Waals surface area contributed by atoms with Gasteiger partial charge >= 0.3 is 0 Å². The second-order valence-electron chi connectivity index (χ2n) is 9.82. The number of hydrogen-bond acceptors (Lipinski definition) is 5. The molecule has 204 valence electrons. The second-order valence-corrected chi connectivity index (χ2v) is 9.82. The van der Waals surface area contributed by atoms with E-state index in [1.54, 1.807) is 79.9 Å². The summed E-state index contributed by atoms with van der Waals surface area (Å²) in [6.45, 7) is 0. The van der Waals surface area contributed by atoms with Gasteiger partial charge in [-0.1, -0.05) is 49.9 Å². The fraction of sp³-hybridized carbons (Fsp3) is 0.323. The van der Waals surface area contributed by atoms with Gasteiger partial charge in [0, 0.05) is 18.0 Å². The lowest BCUT2D eigenvalue weighted by molar-refractivity contribution is -0.123. The van der Waals surface area contributed by atoms with Gasteiger partial charge in [-0.15, -0.1) is 0 Å². The molecule has 1 fully saturated rings. The number of methoxy groups -OCH3 is 1. The van der Waals surface area contributed by atoms with Crippen LogP contribution in [-0.4, -0.2) is 42.0 Å². The average Bonchev–Trinajstić information content (AvgIpc) is 3.22. The van der Waals surface area contributed by atoms with E-state index in [9.17, 15) is 19.5 Å². The minimum Gasteiger partial charge on any atom is -0.508 e. The van der Waals surface area contributed by atoms with Crippen molar-refractivity contribution < 1.29 is 24.2 Å². The first kappa shape index (κ1) is 27.7. The summed E-state index contributed by atoms with van der Waals surface area (Å²) in [7, 11) is 1.55. The molecule has 0 radical (unpaired) electrons. The first-order valence-corrected chi connectivity index (χ1v) is 13.4. The molecule has 4 rings (SSSR count). The number of benzene rings is 3. The Morgan fingerprint density at radius 2 is 1.54 bits per heavy atom. The monoisotopic (exact) mass is 529 g/mol. The third-order valence-corrected chi connectivity index (χ3v) is 6.97. The molecule has 1 aliphatic rings. The summed E-state index contributed by atoms with van der Waals surface area (Å²) in [5, 5.41) is 18.5. The van der Waals surface area contributed by atoms with Crippen LogP contribution in [0.5, 0.6) is 11.5 Å². The number of para-hydroxylation sites is 1. The molecule has 0 heterocycles. The molecule has 3 aromatic carbocycles. The lowest BCUT2D eigenvalue weighted by atomic mass is 10.0. The van der Waals surface area contributed by atoms with Gasteiger partial charge in [-0.25, -0.2) is 0 Å². The van der Waals surface area contributed by atoms with Gasteiger partial charge in [-0.2, -0.15) is 0 Å². The molecule has 0 saturated heterocycles. The molecular weight excluding hydrogens is 494 g/mol. The quantitative estimate of drug-likeness (QED) is 0.296. The van der Waals surface area contributed by atoms with E-state index in [0.29, 0.717) is 17.0 Å². The van der Waals surface area contributed by atoms with Crippen molar-refractivity contribution in [2.24, 2.45) is 0 Å². The molecule has 0 unspecified atom stereocenters. The Morgan fingerprint density at radius 3 is 2.21 bits per heavy atom. The largest absolute Gasteiger partial charge is 0.508 e. The Kier molecular flexibility index (Phi) is 9.56. The van der Waals surface area contributed by atoms with Crippen molar-refractivity contribution in [2.45, 2.75) is 57.0 Å². The van der Waals surface area contributed by atoms with Crippen LogP contribution in [0, 0.1) is 0 Å². The van der Waals surface area contributed by atoms with Gasteiger partial charge in [0.2, 0.25) is 5.91 Å². The summed E-state index contributed by atoms with van der Waals surface area (Å²) >= 11 is 0. The Labute approximate surface area is 228 Å². The Balaban J connectivity index is 1.51. The Morgan fingerprint density at radius 1 is 0.872 bits per heavy atom. The zero-order valence-corrected chi connectivity index (χ0v) is 22.1. The minimum atomic E-state index is -0.837. The summed E-state index contributed by atoms with van der Waals surface area (Å²) in [4.78, 5) is 39.7. The van der Waals surface area contributed by atoms with Crippen LogP contribution in [0.25, 0.3) is 0 Å². The lowest BCUT2D eigenvalue weighted by Crippen LogP contribution is -2.50. The average molecular weight is 530 g/mol. The molecule has 1 aliphatic carbocycles. The van der Waals surface area contributed by atoms with Crippen LogP contribution < -0.4 is 20.7 Å². The van der Waals surface area contributed by atoms with Gasteiger partial charge in [-0.3, -0.25) is 14.4 Å². The molecule has 8 nitrogen and oxygen atoms in total. The normalized spacial score (nSPS) is 14.5. The van der Waals surface area contributed by atoms with Crippen LogP contribution in [0.1, 0.15) is 64.8 Å². The van der Waals surface area contributed by atoms with Crippen molar-refractivity contribution in [3.63, 3.8) is 0 Å². The van der Waals surface area contributed by atoms with Crippen molar-refractivity contribution in [3.8, 4) is 11.5 Å². The van der Waals surface area contributed by atoms with E-state index in [1.165, 1.54) is 12.8 Å². The summed E-state index contributed by atoms with van der Waals surface area (Å²) in [6.07, 6.45) is 6.57. The fourth-order valence-electron chi connectivity index (χ4n) is 4.77. The predicted molar refractivity (Wildman–Crippen MR) is 150 cm³/mol. The number of phenolic OH excluding ortho intramolecular Hbond substituents is 1. The van der Waals surface area contributed by atoms with Crippen LogP contribution in [0.4, 0.5) is 5.69 Å². The van der Waals surface area contributed by atoms with Gasteiger partial charge in [0.05, 0.1) is 18.4 Å². The number of nitrogens with one attached hydrogen (secondary N) is 3. The van der Waals surface area contributed by atoms with Gasteiger partial charge in [0.15, 0.2) is 0 Å². The summed E-state index contributed by atoms with van der Waals surface area (Å²) in [6, 6.07) is 19.2. The lowest BCUT2D eigenvalue weighted by Gasteiger charge is -2.23. The zero-order valence-electron chi connectivity index (χ0n) is 22.1. The number of rotatable bonds is 9. The molecule has 3 aromatic rings. The second kappa shape index (κ2) is 13.5. The first-order valence-electron chi connectivity index (χ1n) is 13.4. The fourth-order valence-corrected chi connectivity index (χ4v) is 4.77. The topological polar surface area (TPSA) is 117 Å². The number of amides is 3. The van der Waals surface area contributed by atoms with Crippen LogP contribution in [0.15, 0.2) is 72.8 Å². The number of aromatic hydroxyl groups is 1. The molecule has 0 aliphatic heterocycles. The highest BCUT2D eigenvalue weighted by atomic mass is 16.5. The van der Waals surface area contributed by atoms with Gasteiger partial charge in [0.1, 0.15) is 17.5 Å². The molecule has 0 spiro atoms. The van der Waals surface area contributed by atoms with Crippen LogP contribution in [0.2, 0.25) is 0 Å².